The van der Waals surface area contributed by atoms with Gasteiger partial charge in [-0.3, -0.25) is 14.4 Å². The third-order valence-electron chi connectivity index (χ3n) is 10.4. The summed E-state index contributed by atoms with van der Waals surface area (Å²) < 4.78 is 67.5. The van der Waals surface area contributed by atoms with Crippen molar-refractivity contribution in [3.63, 3.8) is 0 Å². The number of carbonyl (C=O) groups excluding carboxylic acids is 3. The Morgan fingerprint density at radius 2 is 1.74 bits per heavy atom. The second-order valence-electron chi connectivity index (χ2n) is 11.7. The van der Waals surface area contributed by atoms with Crippen molar-refractivity contribution in [1.82, 2.24) is 0 Å². The zero-order valence-electron chi connectivity index (χ0n) is 18.7. The quantitative estimate of drug-likeness (QED) is 0.184. The Morgan fingerprint density at radius 1 is 1.00 bits per heavy atom. The number of rotatable bonds is 6. The highest BCUT2D eigenvalue weighted by molar-refractivity contribution is 5.86. The molecule has 190 valence electrons. The van der Waals surface area contributed by atoms with Gasteiger partial charge < -0.3 is 14.2 Å². The Balaban J connectivity index is 1.06. The molecule has 0 radical (unpaired) electrons. The van der Waals surface area contributed by atoms with E-state index in [4.69, 9.17) is 9.47 Å². The molecule has 0 aromatic carbocycles. The van der Waals surface area contributed by atoms with E-state index < -0.39 is 60.9 Å². The zero-order chi connectivity index (χ0) is 24.4. The Bertz CT molecular complexity index is 1010. The summed E-state index contributed by atoms with van der Waals surface area (Å²) in [6.07, 6.45) is 2.47. The van der Waals surface area contributed by atoms with Crippen LogP contribution in [0.4, 0.5) is 17.6 Å². The molecule has 0 aromatic heterocycles. The smallest absolute Gasteiger partial charge is 0.340 e. The van der Waals surface area contributed by atoms with Gasteiger partial charge in [0.2, 0.25) is 0 Å². The first kappa shape index (κ1) is 22.1. The second-order valence-corrected chi connectivity index (χ2v) is 11.7. The minimum Gasteiger partial charge on any atom is -0.459 e. The SMILES string of the molecule is O=C(OC1C2CC3C1OC(=O)C3C2C(=O)OCC(F)(F)C(F)F)C1CC2CC1C1C3C=CC(C3)C21. The lowest BCUT2D eigenvalue weighted by molar-refractivity contribution is -0.188. The third kappa shape index (κ3) is 2.91. The van der Waals surface area contributed by atoms with Gasteiger partial charge in [0.25, 0.3) is 0 Å². The highest BCUT2D eigenvalue weighted by atomic mass is 19.3. The first-order valence-electron chi connectivity index (χ1n) is 12.6. The van der Waals surface area contributed by atoms with E-state index in [1.54, 1.807) is 0 Å². The third-order valence-corrected chi connectivity index (χ3v) is 10.4. The molecule has 1 aliphatic heterocycles. The minimum absolute atomic E-state index is 0.226. The number of alkyl halides is 4. The number of esters is 3. The maximum absolute atomic E-state index is 13.3. The zero-order valence-corrected chi connectivity index (χ0v) is 18.7. The van der Waals surface area contributed by atoms with Crippen LogP contribution in [0.5, 0.6) is 0 Å². The molecule has 6 nitrogen and oxygen atoms in total. The van der Waals surface area contributed by atoms with Crippen molar-refractivity contribution in [2.24, 2.45) is 65.1 Å². The van der Waals surface area contributed by atoms with E-state index in [-0.39, 0.29) is 23.7 Å². The van der Waals surface area contributed by atoms with E-state index in [1.165, 1.54) is 6.42 Å². The fourth-order valence-electron chi connectivity index (χ4n) is 9.30. The van der Waals surface area contributed by atoms with Crippen LogP contribution >= 0.6 is 0 Å². The molecule has 0 N–H and O–H groups in total. The molecular weight excluding hydrogens is 472 g/mol. The number of halogens is 4. The molecule has 6 fully saturated rings. The van der Waals surface area contributed by atoms with Crippen molar-refractivity contribution in [3.8, 4) is 0 Å². The summed E-state index contributed by atoms with van der Waals surface area (Å²) in [6, 6.07) is 0. The van der Waals surface area contributed by atoms with Crippen LogP contribution in [0.3, 0.4) is 0 Å². The van der Waals surface area contributed by atoms with Gasteiger partial charge in [-0.2, -0.15) is 8.78 Å². The van der Waals surface area contributed by atoms with Gasteiger partial charge in [0.05, 0.1) is 17.8 Å². The van der Waals surface area contributed by atoms with Gasteiger partial charge in [-0.15, -0.1) is 0 Å². The highest BCUT2D eigenvalue weighted by Gasteiger charge is 2.71. The maximum Gasteiger partial charge on any atom is 0.340 e. The number of allylic oxidation sites excluding steroid dienone is 2. The summed E-state index contributed by atoms with van der Waals surface area (Å²) in [7, 11) is 0. The van der Waals surface area contributed by atoms with Crippen molar-refractivity contribution < 1.29 is 46.2 Å². The van der Waals surface area contributed by atoms with E-state index in [0.717, 1.165) is 12.8 Å². The van der Waals surface area contributed by atoms with Gasteiger partial charge in [-0.05, 0) is 61.2 Å². The van der Waals surface area contributed by atoms with Crippen LogP contribution in [-0.2, 0) is 28.6 Å². The Labute approximate surface area is 198 Å². The predicted octanol–water partition coefficient (Wildman–Crippen LogP) is 3.24. The van der Waals surface area contributed by atoms with Gasteiger partial charge in [0, 0.05) is 11.8 Å². The Kier molecular flexibility index (Phi) is 4.56. The first-order valence-corrected chi connectivity index (χ1v) is 12.6. The molecule has 5 saturated carbocycles. The summed E-state index contributed by atoms with van der Waals surface area (Å²) in [5.41, 5.74) is 0. The van der Waals surface area contributed by atoms with Crippen LogP contribution in [0.2, 0.25) is 0 Å². The first-order chi connectivity index (χ1) is 16.7. The summed E-state index contributed by atoms with van der Waals surface area (Å²) in [5, 5.41) is 0. The lowest BCUT2D eigenvalue weighted by Crippen LogP contribution is -2.46. The molecular formula is C25H26F4O6. The molecule has 0 spiro atoms. The van der Waals surface area contributed by atoms with Crippen LogP contribution in [0, 0.1) is 65.1 Å². The molecule has 13 atom stereocenters. The summed E-state index contributed by atoms with van der Waals surface area (Å²) >= 11 is 0. The van der Waals surface area contributed by atoms with E-state index in [9.17, 15) is 31.9 Å². The number of hydrogen-bond acceptors (Lipinski definition) is 6. The van der Waals surface area contributed by atoms with E-state index in [2.05, 4.69) is 16.9 Å². The van der Waals surface area contributed by atoms with Crippen molar-refractivity contribution >= 4 is 17.9 Å². The van der Waals surface area contributed by atoms with E-state index in [0.29, 0.717) is 36.0 Å². The van der Waals surface area contributed by atoms with Crippen molar-refractivity contribution in [1.29, 1.82) is 0 Å². The van der Waals surface area contributed by atoms with Gasteiger partial charge >= 0.3 is 30.3 Å². The molecule has 0 aromatic rings. The van der Waals surface area contributed by atoms with Gasteiger partial charge in [0.15, 0.2) is 6.61 Å². The summed E-state index contributed by atoms with van der Waals surface area (Å²) in [4.78, 5) is 38.5. The van der Waals surface area contributed by atoms with Gasteiger partial charge in [0.1, 0.15) is 12.2 Å². The molecule has 0 amide bonds. The normalized spacial score (nSPS) is 49.7. The molecule has 6 aliphatic carbocycles. The second kappa shape index (κ2) is 7.22. The van der Waals surface area contributed by atoms with Crippen LogP contribution in [0.15, 0.2) is 12.2 Å². The van der Waals surface area contributed by atoms with E-state index >= 15 is 0 Å². The summed E-state index contributed by atoms with van der Waals surface area (Å²) in [5.74, 6) is -6.75. The molecule has 1 heterocycles. The highest BCUT2D eigenvalue weighted by Crippen LogP contribution is 2.67. The number of fused-ring (bicyclic) bond motifs is 10. The lowest BCUT2D eigenvalue weighted by Gasteiger charge is -2.37. The van der Waals surface area contributed by atoms with Crippen LogP contribution in [0.1, 0.15) is 25.7 Å². The van der Waals surface area contributed by atoms with E-state index in [1.807, 2.05) is 0 Å². The molecule has 6 bridgehead atoms. The van der Waals surface area contributed by atoms with Crippen molar-refractivity contribution in [3.05, 3.63) is 12.2 Å². The van der Waals surface area contributed by atoms with Gasteiger partial charge in [-0.25, -0.2) is 8.78 Å². The molecule has 10 heteroatoms. The average molecular weight is 498 g/mol. The largest absolute Gasteiger partial charge is 0.459 e. The molecule has 7 rings (SSSR count). The molecule has 7 aliphatic rings. The van der Waals surface area contributed by atoms with Crippen LogP contribution in [0.25, 0.3) is 0 Å². The molecule has 35 heavy (non-hydrogen) atoms. The standard InChI is InChI=1S/C25H26F4O6/c26-24(27)25(28,29)7-33-22(31)17-13-6-14-18(17)23(32)35-20(14)19(13)34-21(30)12-5-10-4-11(12)16-9-2-1-8(3-9)15(10)16/h1-2,8-20,24H,3-7H2. The number of carbonyl (C=O) groups is 3. The maximum atomic E-state index is 13.3. The minimum atomic E-state index is -4.48. The van der Waals surface area contributed by atoms with Crippen molar-refractivity contribution in [2.75, 3.05) is 6.61 Å². The topological polar surface area (TPSA) is 78.9 Å². The number of ether oxygens (including phenoxy) is 3. The predicted molar refractivity (Wildman–Crippen MR) is 108 cm³/mol. The molecule has 13 unspecified atom stereocenters. The number of hydrogen-bond donors (Lipinski definition) is 0. The van der Waals surface area contributed by atoms with Crippen LogP contribution in [-0.4, -0.2) is 49.1 Å². The average Bonchev–Trinajstić information content (AvgIpc) is 3.63. The summed E-state index contributed by atoms with van der Waals surface area (Å²) in [6.45, 7) is -1.77. The van der Waals surface area contributed by atoms with Crippen LogP contribution < -0.4 is 0 Å². The lowest BCUT2D eigenvalue weighted by atomic mass is 9.69. The van der Waals surface area contributed by atoms with Crippen molar-refractivity contribution in [2.45, 2.75) is 50.2 Å². The Hall–Kier alpha value is -2.13. The molecule has 1 saturated heterocycles. The Morgan fingerprint density at radius 3 is 2.49 bits per heavy atom. The fourth-order valence-corrected chi connectivity index (χ4v) is 9.30. The fraction of sp³-hybridized carbons (Fsp3) is 0.800. The monoisotopic (exact) mass is 498 g/mol. The van der Waals surface area contributed by atoms with Gasteiger partial charge in [-0.1, -0.05) is 12.2 Å².